The molecule has 1 heterocycles. The first-order valence-corrected chi connectivity index (χ1v) is 6.99. The van der Waals surface area contributed by atoms with E-state index in [0.717, 1.165) is 0 Å². The van der Waals surface area contributed by atoms with Gasteiger partial charge in [-0.1, -0.05) is 0 Å². The number of aliphatic hydroxyl groups excluding tert-OH is 9. The standard InChI is InChI=1S/C12H24O11/c13-1-4(15)7(17)8(18)5(16)3-22-12-11(21)10(20)9(19)6(2-14)23-12/h4-21H,1-3H2/t4-,5-,6+,7+,8-,9+,10-,11+,12+/m1/s1. The molecule has 9 atom stereocenters. The number of hydrogen-bond donors (Lipinski definition) is 9. The lowest BCUT2D eigenvalue weighted by Gasteiger charge is -2.40. The summed E-state index contributed by atoms with van der Waals surface area (Å²) < 4.78 is 9.99. The molecular weight excluding hydrogens is 320 g/mol. The van der Waals surface area contributed by atoms with Crippen molar-refractivity contribution in [2.75, 3.05) is 19.8 Å². The molecule has 1 aliphatic rings. The number of ether oxygens (including phenoxy) is 2. The number of aliphatic hydroxyl groups is 9. The molecule has 0 saturated carbocycles. The lowest BCUT2D eigenvalue weighted by Crippen LogP contribution is -2.59. The average molecular weight is 344 g/mol. The summed E-state index contributed by atoms with van der Waals surface area (Å²) in [7, 11) is 0. The van der Waals surface area contributed by atoms with Crippen molar-refractivity contribution < 1.29 is 55.4 Å². The van der Waals surface area contributed by atoms with E-state index in [1.165, 1.54) is 0 Å². The van der Waals surface area contributed by atoms with Gasteiger partial charge in [0, 0.05) is 0 Å². The fourth-order valence-corrected chi connectivity index (χ4v) is 2.06. The van der Waals surface area contributed by atoms with Crippen molar-refractivity contribution in [3.8, 4) is 0 Å². The number of hydrogen-bond acceptors (Lipinski definition) is 11. The molecule has 1 rings (SSSR count). The molecule has 0 aromatic heterocycles. The van der Waals surface area contributed by atoms with Crippen molar-refractivity contribution in [1.29, 1.82) is 0 Å². The van der Waals surface area contributed by atoms with Gasteiger partial charge in [-0.3, -0.25) is 0 Å². The predicted molar refractivity (Wildman–Crippen MR) is 70.8 cm³/mol. The van der Waals surface area contributed by atoms with Crippen LogP contribution in [0, 0.1) is 0 Å². The van der Waals surface area contributed by atoms with Crippen LogP contribution < -0.4 is 0 Å². The van der Waals surface area contributed by atoms with E-state index >= 15 is 0 Å². The minimum absolute atomic E-state index is 0.655. The monoisotopic (exact) mass is 344 g/mol. The van der Waals surface area contributed by atoms with Gasteiger partial charge in [0.15, 0.2) is 6.29 Å². The average Bonchev–Trinajstić information content (AvgIpc) is 2.56. The fraction of sp³-hybridized carbons (Fsp3) is 1.00. The van der Waals surface area contributed by atoms with Gasteiger partial charge in [0.05, 0.1) is 19.8 Å². The molecule has 138 valence electrons. The van der Waals surface area contributed by atoms with Crippen LogP contribution in [0.3, 0.4) is 0 Å². The Balaban J connectivity index is 2.55. The minimum Gasteiger partial charge on any atom is -0.394 e. The summed E-state index contributed by atoms with van der Waals surface area (Å²) >= 11 is 0. The van der Waals surface area contributed by atoms with Gasteiger partial charge >= 0.3 is 0 Å². The maximum atomic E-state index is 9.70. The molecule has 23 heavy (non-hydrogen) atoms. The van der Waals surface area contributed by atoms with E-state index in [9.17, 15) is 35.7 Å². The Morgan fingerprint density at radius 2 is 1.39 bits per heavy atom. The zero-order chi connectivity index (χ0) is 17.7. The lowest BCUT2D eigenvalue weighted by molar-refractivity contribution is -0.306. The highest BCUT2D eigenvalue weighted by Crippen LogP contribution is 2.22. The van der Waals surface area contributed by atoms with Crippen molar-refractivity contribution in [2.24, 2.45) is 0 Å². The highest BCUT2D eigenvalue weighted by molar-refractivity contribution is 4.89. The molecule has 1 saturated heterocycles. The Kier molecular flexibility index (Phi) is 8.20. The third-order valence-electron chi connectivity index (χ3n) is 3.61. The van der Waals surface area contributed by atoms with Crippen molar-refractivity contribution in [2.45, 2.75) is 55.1 Å². The first-order chi connectivity index (χ1) is 10.7. The SMILES string of the molecule is OC[C@@H](O)[C@H](O)[C@H](O)[C@H](O)CO[C@H]1O[C@@H](CO)[C@H](O)[C@@H](O)[C@@H]1O. The summed E-state index contributed by atoms with van der Waals surface area (Å²) in [5.74, 6) is 0. The molecule has 0 amide bonds. The minimum atomic E-state index is -1.86. The highest BCUT2D eigenvalue weighted by Gasteiger charge is 2.44. The summed E-state index contributed by atoms with van der Waals surface area (Å²) in [6.07, 6.45) is -14.7. The summed E-state index contributed by atoms with van der Waals surface area (Å²) in [5.41, 5.74) is 0. The first kappa shape index (κ1) is 20.6. The van der Waals surface area contributed by atoms with Gasteiger partial charge in [-0.05, 0) is 0 Å². The van der Waals surface area contributed by atoms with Crippen molar-refractivity contribution >= 4 is 0 Å². The third-order valence-corrected chi connectivity index (χ3v) is 3.61. The van der Waals surface area contributed by atoms with Gasteiger partial charge in [0.1, 0.15) is 48.8 Å². The van der Waals surface area contributed by atoms with E-state index in [1.807, 2.05) is 0 Å². The van der Waals surface area contributed by atoms with E-state index < -0.39 is 74.9 Å². The molecule has 0 aromatic carbocycles. The van der Waals surface area contributed by atoms with E-state index in [0.29, 0.717) is 0 Å². The molecule has 0 spiro atoms. The molecule has 11 nitrogen and oxygen atoms in total. The Hall–Kier alpha value is -0.440. The van der Waals surface area contributed by atoms with Crippen LogP contribution in [0.4, 0.5) is 0 Å². The fourth-order valence-electron chi connectivity index (χ4n) is 2.06. The quantitative estimate of drug-likeness (QED) is 0.203. The molecule has 1 aliphatic heterocycles. The van der Waals surface area contributed by atoms with E-state index in [2.05, 4.69) is 0 Å². The summed E-state index contributed by atoms with van der Waals surface area (Å²) in [4.78, 5) is 0. The van der Waals surface area contributed by atoms with Crippen LogP contribution >= 0.6 is 0 Å². The van der Waals surface area contributed by atoms with Crippen LogP contribution in [0.15, 0.2) is 0 Å². The zero-order valence-electron chi connectivity index (χ0n) is 12.2. The molecule has 0 aliphatic carbocycles. The second-order valence-corrected chi connectivity index (χ2v) is 5.33. The molecule has 1 fully saturated rings. The van der Waals surface area contributed by atoms with E-state index in [4.69, 9.17) is 19.7 Å². The second kappa shape index (κ2) is 9.15. The summed E-state index contributed by atoms with van der Waals surface area (Å²) in [6, 6.07) is 0. The van der Waals surface area contributed by atoms with Crippen LogP contribution in [-0.4, -0.2) is 121 Å². The number of rotatable bonds is 8. The first-order valence-electron chi connectivity index (χ1n) is 6.99. The Bertz CT molecular complexity index is 341. The van der Waals surface area contributed by atoms with Gasteiger partial charge in [-0.2, -0.15) is 0 Å². The topological polar surface area (TPSA) is 201 Å². The molecule has 0 unspecified atom stereocenters. The second-order valence-electron chi connectivity index (χ2n) is 5.33. The molecular formula is C12H24O11. The van der Waals surface area contributed by atoms with Crippen LogP contribution in [0.5, 0.6) is 0 Å². The smallest absolute Gasteiger partial charge is 0.186 e. The normalized spacial score (nSPS) is 37.2. The lowest BCUT2D eigenvalue weighted by atomic mass is 9.99. The van der Waals surface area contributed by atoms with Crippen LogP contribution in [0.1, 0.15) is 0 Å². The maximum Gasteiger partial charge on any atom is 0.186 e. The molecule has 0 bridgehead atoms. The van der Waals surface area contributed by atoms with Crippen LogP contribution in [0.2, 0.25) is 0 Å². The Morgan fingerprint density at radius 1 is 0.826 bits per heavy atom. The molecule has 11 heteroatoms. The Labute approximate surface area is 131 Å². The van der Waals surface area contributed by atoms with Crippen molar-refractivity contribution in [3.63, 3.8) is 0 Å². The summed E-state index contributed by atoms with van der Waals surface area (Å²) in [6.45, 7) is -2.16. The van der Waals surface area contributed by atoms with Gasteiger partial charge in [0.2, 0.25) is 0 Å². The zero-order valence-corrected chi connectivity index (χ0v) is 12.2. The van der Waals surface area contributed by atoms with E-state index in [1.54, 1.807) is 0 Å². The third kappa shape index (κ3) is 5.01. The Morgan fingerprint density at radius 3 is 1.91 bits per heavy atom. The van der Waals surface area contributed by atoms with Gasteiger partial charge in [-0.15, -0.1) is 0 Å². The molecule has 0 aromatic rings. The van der Waals surface area contributed by atoms with E-state index in [-0.39, 0.29) is 0 Å². The molecule has 9 N–H and O–H groups in total. The highest BCUT2D eigenvalue weighted by atomic mass is 16.7. The van der Waals surface area contributed by atoms with Crippen LogP contribution in [0.25, 0.3) is 0 Å². The summed E-state index contributed by atoms with van der Waals surface area (Å²) in [5, 5.41) is 84.4. The predicted octanol–water partition coefficient (Wildman–Crippen LogP) is -5.76. The van der Waals surface area contributed by atoms with Gasteiger partial charge < -0.3 is 55.4 Å². The van der Waals surface area contributed by atoms with Crippen molar-refractivity contribution in [3.05, 3.63) is 0 Å². The van der Waals surface area contributed by atoms with Crippen LogP contribution in [-0.2, 0) is 9.47 Å². The largest absolute Gasteiger partial charge is 0.394 e. The molecule has 0 radical (unpaired) electrons. The van der Waals surface area contributed by atoms with Crippen molar-refractivity contribution in [1.82, 2.24) is 0 Å². The van der Waals surface area contributed by atoms with Gasteiger partial charge in [0.25, 0.3) is 0 Å². The maximum absolute atomic E-state index is 9.70. The van der Waals surface area contributed by atoms with Gasteiger partial charge in [-0.25, -0.2) is 0 Å².